The number of amides is 1. The first-order chi connectivity index (χ1) is 7.63. The van der Waals surface area contributed by atoms with Crippen LogP contribution in [-0.2, 0) is 4.79 Å². The van der Waals surface area contributed by atoms with Crippen LogP contribution in [0.1, 0.15) is 18.4 Å². The van der Waals surface area contributed by atoms with E-state index >= 15 is 0 Å². The van der Waals surface area contributed by atoms with Gasteiger partial charge < -0.3 is 10.6 Å². The largest absolute Gasteiger partial charge is 0.326 e. The molecule has 0 aliphatic heterocycles. The predicted molar refractivity (Wildman–Crippen MR) is 77.9 cm³/mol. The minimum atomic E-state index is 0. The van der Waals surface area contributed by atoms with Crippen LogP contribution >= 0.6 is 28.3 Å². The molecule has 0 fully saturated rings. The quantitative estimate of drug-likeness (QED) is 0.818. The molecule has 17 heavy (non-hydrogen) atoms. The average molecular weight is 322 g/mol. The first kappa shape index (κ1) is 16.4. The molecule has 0 heterocycles. The van der Waals surface area contributed by atoms with Gasteiger partial charge in [0.05, 0.1) is 0 Å². The van der Waals surface area contributed by atoms with Gasteiger partial charge >= 0.3 is 0 Å². The maximum absolute atomic E-state index is 11.5. The number of hydrogen-bond donors (Lipinski definition) is 2. The number of benzene rings is 1. The molecule has 1 rings (SSSR count). The van der Waals surface area contributed by atoms with Crippen LogP contribution in [0.5, 0.6) is 0 Å². The van der Waals surface area contributed by atoms with Crippen LogP contribution in [0.25, 0.3) is 0 Å². The van der Waals surface area contributed by atoms with E-state index in [-0.39, 0.29) is 18.3 Å². The molecule has 0 bridgehead atoms. The third-order valence-corrected chi connectivity index (χ3v) is 3.16. The van der Waals surface area contributed by atoms with Gasteiger partial charge in [0.1, 0.15) is 0 Å². The number of nitrogens with one attached hydrogen (secondary N) is 2. The summed E-state index contributed by atoms with van der Waals surface area (Å²) in [5.74, 6) is 0.0666. The summed E-state index contributed by atoms with van der Waals surface area (Å²) in [4.78, 5) is 11.5. The lowest BCUT2D eigenvalue weighted by Crippen LogP contribution is -2.15. The molecule has 0 aliphatic rings. The van der Waals surface area contributed by atoms with Gasteiger partial charge in [-0.2, -0.15) is 0 Å². The summed E-state index contributed by atoms with van der Waals surface area (Å²) in [6.07, 6.45) is 1.41. The topological polar surface area (TPSA) is 41.1 Å². The maximum Gasteiger partial charge on any atom is 0.224 e. The molecule has 1 amide bonds. The van der Waals surface area contributed by atoms with E-state index in [0.717, 1.165) is 28.7 Å². The molecule has 96 valence electrons. The van der Waals surface area contributed by atoms with E-state index in [1.54, 1.807) is 0 Å². The van der Waals surface area contributed by atoms with Gasteiger partial charge in [-0.05, 0) is 50.7 Å². The summed E-state index contributed by atoms with van der Waals surface area (Å²) in [7, 11) is 1.88. The van der Waals surface area contributed by atoms with Crippen LogP contribution in [0, 0.1) is 6.92 Å². The summed E-state index contributed by atoms with van der Waals surface area (Å²) in [6.45, 7) is 2.87. The maximum atomic E-state index is 11.5. The molecule has 0 aromatic heterocycles. The summed E-state index contributed by atoms with van der Waals surface area (Å²) in [5, 5.41) is 5.90. The Morgan fingerprint density at radius 1 is 1.41 bits per heavy atom. The second-order valence-electron chi connectivity index (χ2n) is 3.72. The lowest BCUT2D eigenvalue weighted by atomic mass is 10.2. The summed E-state index contributed by atoms with van der Waals surface area (Å²) >= 11 is 3.43. The van der Waals surface area contributed by atoms with Crippen molar-refractivity contribution in [2.24, 2.45) is 0 Å². The predicted octanol–water partition coefficient (Wildman–Crippen LogP) is 3.12. The molecule has 0 saturated carbocycles. The number of hydrogen-bond acceptors (Lipinski definition) is 2. The second kappa shape index (κ2) is 8.50. The van der Waals surface area contributed by atoms with Crippen LogP contribution in [0.2, 0.25) is 0 Å². The number of rotatable bonds is 5. The van der Waals surface area contributed by atoms with E-state index in [1.807, 2.05) is 32.2 Å². The molecule has 1 aromatic rings. The molecule has 2 N–H and O–H groups in total. The summed E-state index contributed by atoms with van der Waals surface area (Å²) in [6, 6.07) is 5.80. The van der Waals surface area contributed by atoms with Crippen molar-refractivity contribution in [3.8, 4) is 0 Å². The van der Waals surface area contributed by atoms with Crippen LogP contribution in [-0.4, -0.2) is 19.5 Å². The van der Waals surface area contributed by atoms with Gasteiger partial charge in [0.25, 0.3) is 0 Å². The third-order valence-electron chi connectivity index (χ3n) is 2.27. The van der Waals surface area contributed by atoms with Gasteiger partial charge in [-0.1, -0.05) is 15.9 Å². The Morgan fingerprint density at radius 2 is 2.12 bits per heavy atom. The van der Waals surface area contributed by atoms with Crippen molar-refractivity contribution >= 4 is 39.9 Å². The van der Waals surface area contributed by atoms with E-state index in [2.05, 4.69) is 26.6 Å². The fraction of sp³-hybridized carbons (Fsp3) is 0.417. The molecule has 0 spiro atoms. The molecule has 5 heteroatoms. The van der Waals surface area contributed by atoms with E-state index in [4.69, 9.17) is 0 Å². The number of carbonyl (C=O) groups excluding carboxylic acids is 1. The van der Waals surface area contributed by atoms with Crippen molar-refractivity contribution in [1.29, 1.82) is 0 Å². The van der Waals surface area contributed by atoms with Crippen molar-refractivity contribution in [2.75, 3.05) is 18.9 Å². The SMILES string of the molecule is CNCCCC(=O)Nc1ccc(Br)c(C)c1.Cl. The Balaban J connectivity index is 0.00000256. The van der Waals surface area contributed by atoms with Crippen molar-refractivity contribution < 1.29 is 4.79 Å². The normalized spacial score (nSPS) is 9.59. The fourth-order valence-electron chi connectivity index (χ4n) is 1.37. The fourth-order valence-corrected chi connectivity index (χ4v) is 1.62. The monoisotopic (exact) mass is 320 g/mol. The zero-order chi connectivity index (χ0) is 12.0. The van der Waals surface area contributed by atoms with Gasteiger partial charge in [-0.15, -0.1) is 12.4 Å². The molecule has 0 radical (unpaired) electrons. The molecule has 0 saturated heterocycles. The first-order valence-corrected chi connectivity index (χ1v) is 6.13. The third kappa shape index (κ3) is 6.05. The van der Waals surface area contributed by atoms with Crippen molar-refractivity contribution in [2.45, 2.75) is 19.8 Å². The Bertz CT molecular complexity index is 372. The standard InChI is InChI=1S/C12H17BrN2O.ClH/c1-9-8-10(5-6-11(9)13)15-12(16)4-3-7-14-2;/h5-6,8,14H,3-4,7H2,1-2H3,(H,15,16);1H. The van der Waals surface area contributed by atoms with E-state index in [9.17, 15) is 4.79 Å². The highest BCUT2D eigenvalue weighted by Crippen LogP contribution is 2.20. The molecule has 0 aliphatic carbocycles. The van der Waals surface area contributed by atoms with E-state index in [0.29, 0.717) is 6.42 Å². The van der Waals surface area contributed by atoms with Gasteiger partial charge in [0.2, 0.25) is 5.91 Å². The lowest BCUT2D eigenvalue weighted by molar-refractivity contribution is -0.116. The summed E-state index contributed by atoms with van der Waals surface area (Å²) in [5.41, 5.74) is 1.98. The van der Waals surface area contributed by atoms with E-state index < -0.39 is 0 Å². The van der Waals surface area contributed by atoms with Gasteiger partial charge in [0.15, 0.2) is 0 Å². The Hall–Kier alpha value is -0.580. The first-order valence-electron chi connectivity index (χ1n) is 5.34. The summed E-state index contributed by atoms with van der Waals surface area (Å²) < 4.78 is 1.06. The number of carbonyl (C=O) groups is 1. The van der Waals surface area contributed by atoms with Crippen LogP contribution in [0.3, 0.4) is 0 Å². The zero-order valence-corrected chi connectivity index (χ0v) is 12.5. The second-order valence-corrected chi connectivity index (χ2v) is 4.57. The zero-order valence-electron chi connectivity index (χ0n) is 10.0. The Kier molecular flexibility index (Phi) is 8.21. The molecule has 1 aromatic carbocycles. The molecule has 0 atom stereocenters. The smallest absolute Gasteiger partial charge is 0.224 e. The molecule has 3 nitrogen and oxygen atoms in total. The van der Waals surface area contributed by atoms with Crippen LogP contribution in [0.15, 0.2) is 22.7 Å². The van der Waals surface area contributed by atoms with E-state index in [1.165, 1.54) is 0 Å². The highest BCUT2D eigenvalue weighted by atomic mass is 79.9. The van der Waals surface area contributed by atoms with Gasteiger partial charge in [-0.3, -0.25) is 4.79 Å². The molecular weight excluding hydrogens is 304 g/mol. The van der Waals surface area contributed by atoms with Gasteiger partial charge in [-0.25, -0.2) is 0 Å². The minimum absolute atomic E-state index is 0. The van der Waals surface area contributed by atoms with Crippen LogP contribution < -0.4 is 10.6 Å². The number of aryl methyl sites for hydroxylation is 1. The number of anilines is 1. The van der Waals surface area contributed by atoms with Crippen molar-refractivity contribution in [3.05, 3.63) is 28.2 Å². The Morgan fingerprint density at radius 3 is 2.71 bits per heavy atom. The van der Waals surface area contributed by atoms with Gasteiger partial charge in [0, 0.05) is 16.6 Å². The lowest BCUT2D eigenvalue weighted by Gasteiger charge is -2.06. The Labute approximate surface area is 117 Å². The van der Waals surface area contributed by atoms with Crippen molar-refractivity contribution in [3.63, 3.8) is 0 Å². The highest BCUT2D eigenvalue weighted by Gasteiger charge is 2.02. The number of halogens is 2. The van der Waals surface area contributed by atoms with Crippen LogP contribution in [0.4, 0.5) is 5.69 Å². The van der Waals surface area contributed by atoms with Crippen molar-refractivity contribution in [1.82, 2.24) is 5.32 Å². The highest BCUT2D eigenvalue weighted by molar-refractivity contribution is 9.10. The molecule has 0 unspecified atom stereocenters. The minimum Gasteiger partial charge on any atom is -0.326 e. The average Bonchev–Trinajstić information content (AvgIpc) is 2.24. The molecular formula is C12H18BrClN2O.